The van der Waals surface area contributed by atoms with E-state index in [1.165, 1.54) is 29.3 Å². The summed E-state index contributed by atoms with van der Waals surface area (Å²) in [7, 11) is 0. The van der Waals surface area contributed by atoms with Gasteiger partial charge in [0.1, 0.15) is 5.69 Å². The number of nitrogens with zero attached hydrogens (tertiary/aromatic N) is 4. The smallest absolute Gasteiger partial charge is 0.250 e. The number of nitrogens with one attached hydrogen (secondary N) is 1. The van der Waals surface area contributed by atoms with Crippen LogP contribution in [0.25, 0.3) is 15.2 Å². The van der Waals surface area contributed by atoms with Gasteiger partial charge in [-0.3, -0.25) is 9.20 Å². The summed E-state index contributed by atoms with van der Waals surface area (Å²) in [5.74, 6) is 0.0354. The lowest BCUT2D eigenvalue weighted by Crippen LogP contribution is -2.19. The number of aromatic nitrogens is 3. The molecule has 0 atom stereocenters. The molecule has 0 radical (unpaired) electrons. The minimum absolute atomic E-state index is 0.206. The van der Waals surface area contributed by atoms with Gasteiger partial charge in [0.05, 0.1) is 22.2 Å². The van der Waals surface area contributed by atoms with Crippen molar-refractivity contribution in [3.63, 3.8) is 0 Å². The number of carbonyl (C=O) groups is 1. The summed E-state index contributed by atoms with van der Waals surface area (Å²) < 4.78 is 3.79. The molecule has 0 bridgehead atoms. The largest absolute Gasteiger partial charge is 0.288 e. The van der Waals surface area contributed by atoms with E-state index in [1.54, 1.807) is 11.3 Å². The lowest BCUT2D eigenvalue weighted by atomic mass is 10.3. The normalized spacial score (nSPS) is 11.7. The van der Waals surface area contributed by atoms with Crippen LogP contribution in [-0.2, 0) is 4.79 Å². The summed E-state index contributed by atoms with van der Waals surface area (Å²) in [6, 6.07) is 7.90. The van der Waals surface area contributed by atoms with E-state index >= 15 is 0 Å². The van der Waals surface area contributed by atoms with Gasteiger partial charge in [0.15, 0.2) is 14.5 Å². The van der Waals surface area contributed by atoms with E-state index in [0.717, 1.165) is 19.5 Å². The van der Waals surface area contributed by atoms with Gasteiger partial charge in [-0.15, -0.1) is 22.7 Å². The van der Waals surface area contributed by atoms with Crippen molar-refractivity contribution in [2.45, 2.75) is 4.34 Å². The van der Waals surface area contributed by atoms with E-state index < -0.39 is 0 Å². The molecule has 1 aromatic carbocycles. The van der Waals surface area contributed by atoms with Crippen LogP contribution in [0.4, 0.5) is 0 Å². The second-order valence-corrected chi connectivity index (χ2v) is 8.36. The molecule has 6 nitrogen and oxygen atoms in total. The molecule has 126 valence electrons. The van der Waals surface area contributed by atoms with Gasteiger partial charge in [0.2, 0.25) is 0 Å². The van der Waals surface area contributed by atoms with Crippen LogP contribution in [0.1, 0.15) is 5.69 Å². The van der Waals surface area contributed by atoms with Gasteiger partial charge >= 0.3 is 0 Å². The van der Waals surface area contributed by atoms with E-state index in [2.05, 4.69) is 20.5 Å². The Bertz CT molecular complexity index is 1050. The molecule has 3 heterocycles. The third-order valence-corrected chi connectivity index (χ3v) is 6.45. The average molecular weight is 408 g/mol. The van der Waals surface area contributed by atoms with Crippen LogP contribution in [-0.4, -0.2) is 32.2 Å². The number of imidazole rings is 1. The third-order valence-electron chi connectivity index (χ3n) is 3.23. The molecule has 0 unspecified atom stereocenters. The Morgan fingerprint density at radius 2 is 2.28 bits per heavy atom. The van der Waals surface area contributed by atoms with E-state index in [1.807, 2.05) is 40.2 Å². The van der Waals surface area contributed by atoms with Crippen molar-refractivity contribution < 1.29 is 4.79 Å². The van der Waals surface area contributed by atoms with Crippen molar-refractivity contribution >= 4 is 73.3 Å². The Balaban J connectivity index is 1.36. The number of halogens is 1. The number of fused-ring (bicyclic) bond motifs is 2. The predicted octanol–water partition coefficient (Wildman–Crippen LogP) is 3.90. The molecule has 0 aliphatic heterocycles. The first-order valence-electron chi connectivity index (χ1n) is 7.12. The zero-order chi connectivity index (χ0) is 17.2. The van der Waals surface area contributed by atoms with E-state index in [-0.39, 0.29) is 11.7 Å². The number of carbonyl (C=O) groups excluding carboxylic acids is 1. The summed E-state index contributed by atoms with van der Waals surface area (Å²) in [5.41, 5.74) is 4.08. The Kier molecular flexibility index (Phi) is 4.71. The second-order valence-electron chi connectivity index (χ2n) is 4.87. The second kappa shape index (κ2) is 7.12. The van der Waals surface area contributed by atoms with Gasteiger partial charge in [-0.25, -0.2) is 15.4 Å². The number of amides is 1. The van der Waals surface area contributed by atoms with E-state index in [4.69, 9.17) is 11.6 Å². The van der Waals surface area contributed by atoms with Crippen molar-refractivity contribution in [2.75, 3.05) is 5.75 Å². The number of thioether (sulfide) groups is 1. The molecular weight excluding hydrogens is 398 g/mol. The monoisotopic (exact) mass is 407 g/mol. The van der Waals surface area contributed by atoms with Gasteiger partial charge in [0.25, 0.3) is 5.91 Å². The van der Waals surface area contributed by atoms with Crippen molar-refractivity contribution in [1.82, 2.24) is 19.8 Å². The maximum atomic E-state index is 11.9. The topological polar surface area (TPSA) is 71.7 Å². The highest BCUT2D eigenvalue weighted by atomic mass is 35.5. The number of hydrazone groups is 1. The Morgan fingerprint density at radius 3 is 3.16 bits per heavy atom. The molecule has 1 amide bonds. The zero-order valence-electron chi connectivity index (χ0n) is 12.5. The first-order chi connectivity index (χ1) is 12.2. The molecule has 4 rings (SSSR count). The van der Waals surface area contributed by atoms with Gasteiger partial charge in [0, 0.05) is 11.6 Å². The fourth-order valence-corrected chi connectivity index (χ4v) is 4.98. The van der Waals surface area contributed by atoms with Gasteiger partial charge in [-0.1, -0.05) is 35.5 Å². The van der Waals surface area contributed by atoms with E-state index in [0.29, 0.717) is 10.8 Å². The summed E-state index contributed by atoms with van der Waals surface area (Å²) in [6.45, 7) is 0. The molecule has 0 aliphatic carbocycles. The van der Waals surface area contributed by atoms with E-state index in [9.17, 15) is 4.79 Å². The molecule has 4 aromatic rings. The number of rotatable bonds is 5. The fraction of sp³-hybridized carbons (Fsp3) is 0.0667. The molecule has 0 saturated heterocycles. The molecule has 25 heavy (non-hydrogen) atoms. The van der Waals surface area contributed by atoms with Crippen LogP contribution in [0.3, 0.4) is 0 Å². The number of para-hydroxylation sites is 1. The zero-order valence-corrected chi connectivity index (χ0v) is 15.8. The summed E-state index contributed by atoms with van der Waals surface area (Å²) in [4.78, 5) is 21.4. The van der Waals surface area contributed by atoms with Crippen LogP contribution in [0.15, 0.2) is 45.3 Å². The molecule has 1 N–H and O–H groups in total. The lowest BCUT2D eigenvalue weighted by molar-refractivity contribution is -0.118. The lowest BCUT2D eigenvalue weighted by Gasteiger charge is -1.97. The number of benzene rings is 1. The number of hydrogen-bond acceptors (Lipinski definition) is 7. The molecule has 0 spiro atoms. The van der Waals surface area contributed by atoms with Crippen LogP contribution >= 0.6 is 46.0 Å². The minimum Gasteiger partial charge on any atom is -0.288 e. The highest BCUT2D eigenvalue weighted by Gasteiger charge is 2.10. The van der Waals surface area contributed by atoms with Crippen molar-refractivity contribution in [1.29, 1.82) is 0 Å². The van der Waals surface area contributed by atoms with Crippen LogP contribution in [0.2, 0.25) is 5.15 Å². The van der Waals surface area contributed by atoms with Crippen LogP contribution in [0, 0.1) is 0 Å². The van der Waals surface area contributed by atoms with Crippen LogP contribution in [0.5, 0.6) is 0 Å². The fourth-order valence-electron chi connectivity index (χ4n) is 2.13. The Morgan fingerprint density at radius 1 is 1.40 bits per heavy atom. The Hall–Kier alpha value is -1.94. The first kappa shape index (κ1) is 16.5. The highest BCUT2D eigenvalue weighted by molar-refractivity contribution is 8.01. The minimum atomic E-state index is -0.206. The van der Waals surface area contributed by atoms with Gasteiger partial charge in [-0.2, -0.15) is 5.10 Å². The molecular formula is C15H10ClN5OS3. The maximum absolute atomic E-state index is 11.9. The van der Waals surface area contributed by atoms with Crippen molar-refractivity contribution in [3.8, 4) is 0 Å². The van der Waals surface area contributed by atoms with Gasteiger partial charge < -0.3 is 0 Å². The van der Waals surface area contributed by atoms with Crippen molar-refractivity contribution in [3.05, 3.63) is 46.7 Å². The third kappa shape index (κ3) is 3.54. The van der Waals surface area contributed by atoms with Crippen molar-refractivity contribution in [2.24, 2.45) is 5.10 Å². The van der Waals surface area contributed by atoms with Gasteiger partial charge in [-0.05, 0) is 12.1 Å². The molecule has 0 fully saturated rings. The average Bonchev–Trinajstić information content (AvgIpc) is 3.28. The maximum Gasteiger partial charge on any atom is 0.250 e. The summed E-state index contributed by atoms with van der Waals surface area (Å²) in [6.07, 6.45) is 3.35. The molecule has 3 aromatic heterocycles. The predicted molar refractivity (Wildman–Crippen MR) is 104 cm³/mol. The quantitative estimate of drug-likeness (QED) is 0.309. The summed E-state index contributed by atoms with van der Waals surface area (Å²) in [5, 5.41) is 6.23. The highest BCUT2D eigenvalue weighted by Crippen LogP contribution is 2.29. The molecule has 0 saturated carbocycles. The Labute approximate surface area is 159 Å². The molecule has 10 heteroatoms. The van der Waals surface area contributed by atoms with Crippen LogP contribution < -0.4 is 5.43 Å². The number of thiazole rings is 2. The molecule has 0 aliphatic rings. The summed E-state index contributed by atoms with van der Waals surface area (Å²) >= 11 is 10.5. The number of hydrogen-bond donors (Lipinski definition) is 1. The first-order valence-corrected chi connectivity index (χ1v) is 10.2. The SMILES string of the molecule is O=C(CSc1nc2ccccc2s1)N/N=C/c1c(Cl)nc2sccn12. The standard InChI is InChI=1S/C15H10ClN5OS3/c16-13-10(21-5-6-23-14(21)19-13)7-17-20-12(22)8-24-15-18-9-3-1-2-4-11(9)25-15/h1-7H,8H2,(H,20,22)/b17-7+.